The van der Waals surface area contributed by atoms with Crippen LogP contribution >= 0.6 is 11.6 Å². The molecule has 0 aliphatic heterocycles. The van der Waals surface area contributed by atoms with Gasteiger partial charge in [-0.25, -0.2) is 5.43 Å². The number of nitro benzene ring substituents is 1. The number of amides is 2. The minimum Gasteiger partial charge on any atom is -0.324 e. The Bertz CT molecular complexity index is 870. The van der Waals surface area contributed by atoms with Crippen molar-refractivity contribution in [3.05, 3.63) is 63.4 Å². The lowest BCUT2D eigenvalue weighted by molar-refractivity contribution is -0.384. The van der Waals surface area contributed by atoms with Crippen LogP contribution in [0.1, 0.15) is 23.7 Å². The van der Waals surface area contributed by atoms with Gasteiger partial charge in [-0.15, -0.1) is 0 Å². The fourth-order valence-electron chi connectivity index (χ4n) is 1.92. The highest BCUT2D eigenvalue weighted by Crippen LogP contribution is 2.22. The second kappa shape index (κ2) is 8.67. The largest absolute Gasteiger partial charge is 0.324 e. The van der Waals surface area contributed by atoms with E-state index in [9.17, 15) is 19.7 Å². The average Bonchev–Trinajstić information content (AvgIpc) is 2.60. The number of carbonyl (C=O) groups excluding carboxylic acids is 2. The van der Waals surface area contributed by atoms with Gasteiger partial charge in [0.25, 0.3) is 11.6 Å². The molecule has 0 spiro atoms. The summed E-state index contributed by atoms with van der Waals surface area (Å²) in [5.74, 6) is -0.959. The standard InChI is InChI=1S/C16H14ClN5O4/c1-10(7-15(23)19-11-3-2-6-18-9-11)20-21-16(24)13-5-4-12(22(25)26)8-14(13)17/h2-6,8-9H,7H2,1H3,(H,19,23)(H,21,24). The number of aromatic nitrogens is 1. The van der Waals surface area contributed by atoms with Gasteiger partial charge in [0.05, 0.1) is 33.8 Å². The van der Waals surface area contributed by atoms with Crippen LogP contribution in [0.25, 0.3) is 0 Å². The normalized spacial score (nSPS) is 10.9. The summed E-state index contributed by atoms with van der Waals surface area (Å²) in [7, 11) is 0. The minimum absolute atomic E-state index is 0.0358. The van der Waals surface area contributed by atoms with Crippen molar-refractivity contribution in [2.24, 2.45) is 5.10 Å². The summed E-state index contributed by atoms with van der Waals surface area (Å²) in [5, 5.41) is 17.1. The molecule has 0 unspecified atom stereocenters. The van der Waals surface area contributed by atoms with Crippen molar-refractivity contribution in [3.63, 3.8) is 0 Å². The Morgan fingerprint density at radius 2 is 2.12 bits per heavy atom. The van der Waals surface area contributed by atoms with Gasteiger partial charge in [-0.2, -0.15) is 5.10 Å². The quantitative estimate of drug-likeness (QED) is 0.456. The molecule has 1 aromatic heterocycles. The van der Waals surface area contributed by atoms with Crippen molar-refractivity contribution in [3.8, 4) is 0 Å². The fraction of sp³-hybridized carbons (Fsp3) is 0.125. The molecule has 2 rings (SSSR count). The van der Waals surface area contributed by atoms with E-state index < -0.39 is 10.8 Å². The Balaban J connectivity index is 1.94. The fourth-order valence-corrected chi connectivity index (χ4v) is 2.18. The van der Waals surface area contributed by atoms with Crippen LogP contribution in [0, 0.1) is 10.1 Å². The van der Waals surface area contributed by atoms with Gasteiger partial charge in [-0.05, 0) is 25.1 Å². The third-order valence-corrected chi connectivity index (χ3v) is 3.43. The van der Waals surface area contributed by atoms with Crippen LogP contribution in [0.5, 0.6) is 0 Å². The molecular formula is C16H14ClN5O4. The molecule has 0 saturated heterocycles. The van der Waals surface area contributed by atoms with E-state index in [2.05, 4.69) is 20.8 Å². The van der Waals surface area contributed by atoms with Gasteiger partial charge in [0, 0.05) is 24.0 Å². The molecule has 134 valence electrons. The van der Waals surface area contributed by atoms with Crippen LogP contribution < -0.4 is 10.7 Å². The lowest BCUT2D eigenvalue weighted by atomic mass is 10.2. The Labute approximate surface area is 153 Å². The number of nitrogens with one attached hydrogen (secondary N) is 2. The third-order valence-electron chi connectivity index (χ3n) is 3.12. The van der Waals surface area contributed by atoms with E-state index in [4.69, 9.17) is 11.6 Å². The predicted octanol–water partition coefficient (Wildman–Crippen LogP) is 2.78. The summed E-state index contributed by atoms with van der Waals surface area (Å²) in [4.78, 5) is 37.9. The molecule has 2 amide bonds. The second-order valence-corrected chi connectivity index (χ2v) is 5.58. The second-order valence-electron chi connectivity index (χ2n) is 5.18. The number of carbonyl (C=O) groups is 2. The molecule has 2 aromatic rings. The summed E-state index contributed by atoms with van der Waals surface area (Å²) in [6.07, 6.45) is 3.05. The number of hydrogen-bond donors (Lipinski definition) is 2. The van der Waals surface area contributed by atoms with Gasteiger partial charge in [0.15, 0.2) is 0 Å². The number of nitrogens with zero attached hydrogens (tertiary/aromatic N) is 3. The molecule has 10 heteroatoms. The van der Waals surface area contributed by atoms with Crippen molar-refractivity contribution in [1.29, 1.82) is 0 Å². The maximum absolute atomic E-state index is 12.0. The Morgan fingerprint density at radius 1 is 1.35 bits per heavy atom. The zero-order valence-corrected chi connectivity index (χ0v) is 14.4. The molecule has 0 radical (unpaired) electrons. The molecule has 0 aliphatic rings. The average molecular weight is 376 g/mol. The van der Waals surface area contributed by atoms with E-state index in [1.54, 1.807) is 25.3 Å². The van der Waals surface area contributed by atoms with Crippen LogP contribution in [0.3, 0.4) is 0 Å². The van der Waals surface area contributed by atoms with Gasteiger partial charge < -0.3 is 5.32 Å². The van der Waals surface area contributed by atoms with Crippen LogP contribution in [0.15, 0.2) is 47.8 Å². The van der Waals surface area contributed by atoms with Gasteiger partial charge >= 0.3 is 0 Å². The van der Waals surface area contributed by atoms with E-state index in [-0.39, 0.29) is 28.6 Å². The van der Waals surface area contributed by atoms with Crippen molar-refractivity contribution in [2.45, 2.75) is 13.3 Å². The predicted molar refractivity (Wildman–Crippen MR) is 96.2 cm³/mol. The zero-order valence-electron chi connectivity index (χ0n) is 13.6. The first-order valence-corrected chi connectivity index (χ1v) is 7.72. The highest BCUT2D eigenvalue weighted by molar-refractivity contribution is 6.34. The number of benzene rings is 1. The van der Waals surface area contributed by atoms with E-state index in [1.165, 1.54) is 18.3 Å². The van der Waals surface area contributed by atoms with Crippen molar-refractivity contribution >= 4 is 40.5 Å². The summed E-state index contributed by atoms with van der Waals surface area (Å²) in [5.41, 5.74) is 2.98. The number of halogens is 1. The third kappa shape index (κ3) is 5.35. The maximum atomic E-state index is 12.0. The molecule has 1 heterocycles. The lowest BCUT2D eigenvalue weighted by Gasteiger charge is -2.06. The van der Waals surface area contributed by atoms with Gasteiger partial charge in [-0.3, -0.25) is 24.7 Å². The molecule has 0 aliphatic carbocycles. The molecule has 0 saturated carbocycles. The van der Waals surface area contributed by atoms with E-state index in [0.717, 1.165) is 6.07 Å². The molecule has 9 nitrogen and oxygen atoms in total. The minimum atomic E-state index is -0.642. The van der Waals surface area contributed by atoms with Crippen LogP contribution in [-0.2, 0) is 4.79 Å². The topological polar surface area (TPSA) is 127 Å². The molecule has 1 aromatic carbocycles. The van der Waals surface area contributed by atoms with Gasteiger partial charge in [-0.1, -0.05) is 11.6 Å². The molecular weight excluding hydrogens is 362 g/mol. The number of hydrogen-bond acceptors (Lipinski definition) is 6. The van der Waals surface area contributed by atoms with E-state index in [1.807, 2.05) is 0 Å². The highest BCUT2D eigenvalue weighted by Gasteiger charge is 2.15. The first-order valence-electron chi connectivity index (χ1n) is 7.34. The number of non-ortho nitro benzene ring substituents is 1. The molecule has 0 bridgehead atoms. The van der Waals surface area contributed by atoms with Gasteiger partial charge in [0.2, 0.25) is 5.91 Å². The molecule has 2 N–H and O–H groups in total. The number of anilines is 1. The zero-order chi connectivity index (χ0) is 19.1. The van der Waals surface area contributed by atoms with Gasteiger partial charge in [0.1, 0.15) is 0 Å². The monoisotopic (exact) mass is 375 g/mol. The number of pyridine rings is 1. The smallest absolute Gasteiger partial charge is 0.272 e. The van der Waals surface area contributed by atoms with Crippen molar-refractivity contribution in [1.82, 2.24) is 10.4 Å². The SMILES string of the molecule is CC(CC(=O)Nc1cccnc1)=NNC(=O)c1ccc([N+](=O)[O-])cc1Cl. The summed E-state index contributed by atoms with van der Waals surface area (Å²) in [6, 6.07) is 6.85. The van der Waals surface area contributed by atoms with Crippen LogP contribution in [0.2, 0.25) is 5.02 Å². The van der Waals surface area contributed by atoms with E-state index >= 15 is 0 Å². The molecule has 0 fully saturated rings. The van der Waals surface area contributed by atoms with Crippen LogP contribution in [-0.4, -0.2) is 27.4 Å². The number of hydrazone groups is 1. The lowest BCUT2D eigenvalue weighted by Crippen LogP contribution is -2.21. The first kappa shape index (κ1) is 19.0. The Kier molecular flexibility index (Phi) is 6.34. The summed E-state index contributed by atoms with van der Waals surface area (Å²) < 4.78 is 0. The Morgan fingerprint density at radius 3 is 2.73 bits per heavy atom. The van der Waals surface area contributed by atoms with Crippen molar-refractivity contribution in [2.75, 3.05) is 5.32 Å². The molecule has 26 heavy (non-hydrogen) atoms. The highest BCUT2D eigenvalue weighted by atomic mass is 35.5. The van der Waals surface area contributed by atoms with Crippen LogP contribution in [0.4, 0.5) is 11.4 Å². The van der Waals surface area contributed by atoms with E-state index in [0.29, 0.717) is 11.4 Å². The summed E-state index contributed by atoms with van der Waals surface area (Å²) in [6.45, 7) is 1.57. The van der Waals surface area contributed by atoms with Crippen molar-refractivity contribution < 1.29 is 14.5 Å². The first-order chi connectivity index (χ1) is 12.4. The summed E-state index contributed by atoms with van der Waals surface area (Å²) >= 11 is 5.87. The number of rotatable bonds is 6. The Hall–Kier alpha value is -3.33. The maximum Gasteiger partial charge on any atom is 0.272 e. The molecule has 0 atom stereocenters. The number of nitro groups is 1.